The van der Waals surface area contributed by atoms with E-state index in [0.29, 0.717) is 22.8 Å². The Morgan fingerprint density at radius 2 is 1.68 bits per heavy atom. The van der Waals surface area contributed by atoms with Gasteiger partial charge in [-0.15, -0.1) is 0 Å². The monoisotopic (exact) mass is 380 g/mol. The Hall–Kier alpha value is -3.74. The summed E-state index contributed by atoms with van der Waals surface area (Å²) in [4.78, 5) is 12.5. The number of methoxy groups -OCH3 is 3. The highest BCUT2D eigenvalue weighted by atomic mass is 16.5. The lowest BCUT2D eigenvalue weighted by molar-refractivity contribution is 0.0954. The Balaban J connectivity index is 1.86. The van der Waals surface area contributed by atoms with Crippen molar-refractivity contribution in [3.63, 3.8) is 0 Å². The van der Waals surface area contributed by atoms with Gasteiger partial charge in [0.25, 0.3) is 5.91 Å². The number of phenols is 1. The Morgan fingerprint density at radius 1 is 1.00 bits per heavy atom. The van der Waals surface area contributed by atoms with Gasteiger partial charge in [0.15, 0.2) is 11.5 Å². The van der Waals surface area contributed by atoms with Crippen LogP contribution >= 0.6 is 0 Å². The Morgan fingerprint density at radius 3 is 2.32 bits per heavy atom. The quantitative estimate of drug-likeness (QED) is 0.506. The second kappa shape index (κ2) is 8.30. The zero-order chi connectivity index (χ0) is 20.1. The third kappa shape index (κ3) is 3.68. The maximum Gasteiger partial charge on any atom is 0.271 e. The molecule has 0 bridgehead atoms. The molecule has 0 aromatic heterocycles. The largest absolute Gasteiger partial charge is 0.507 e. The van der Waals surface area contributed by atoms with Crippen LogP contribution in [0.3, 0.4) is 0 Å². The van der Waals surface area contributed by atoms with Crippen LogP contribution in [0.25, 0.3) is 10.8 Å². The highest BCUT2D eigenvalue weighted by Gasteiger charge is 2.16. The molecule has 1 amide bonds. The topological polar surface area (TPSA) is 89.4 Å². The van der Waals surface area contributed by atoms with Crippen LogP contribution in [0.15, 0.2) is 53.6 Å². The van der Waals surface area contributed by atoms with Crippen molar-refractivity contribution in [1.29, 1.82) is 0 Å². The predicted octanol–water partition coefficient (Wildman–Crippen LogP) is 3.34. The highest BCUT2D eigenvalue weighted by Crippen LogP contribution is 2.38. The summed E-state index contributed by atoms with van der Waals surface area (Å²) in [6, 6.07) is 14.0. The third-order valence-corrected chi connectivity index (χ3v) is 4.23. The van der Waals surface area contributed by atoms with Gasteiger partial charge in [-0.05, 0) is 29.0 Å². The van der Waals surface area contributed by atoms with E-state index >= 15 is 0 Å². The third-order valence-electron chi connectivity index (χ3n) is 4.23. The van der Waals surface area contributed by atoms with Crippen LogP contribution in [0.2, 0.25) is 0 Å². The molecular formula is C21H20N2O5. The minimum atomic E-state index is -0.463. The summed E-state index contributed by atoms with van der Waals surface area (Å²) in [5, 5.41) is 15.9. The van der Waals surface area contributed by atoms with Gasteiger partial charge in [0, 0.05) is 11.1 Å². The Kier molecular flexibility index (Phi) is 5.64. The van der Waals surface area contributed by atoms with Crippen molar-refractivity contribution < 1.29 is 24.1 Å². The molecule has 28 heavy (non-hydrogen) atoms. The number of fused-ring (bicyclic) bond motifs is 1. The van der Waals surface area contributed by atoms with Gasteiger partial charge in [-0.25, -0.2) is 5.43 Å². The zero-order valence-electron chi connectivity index (χ0n) is 15.7. The molecule has 0 aliphatic heterocycles. The van der Waals surface area contributed by atoms with Gasteiger partial charge < -0.3 is 19.3 Å². The number of rotatable bonds is 6. The summed E-state index contributed by atoms with van der Waals surface area (Å²) >= 11 is 0. The van der Waals surface area contributed by atoms with E-state index in [2.05, 4.69) is 10.5 Å². The summed E-state index contributed by atoms with van der Waals surface area (Å²) in [7, 11) is 4.43. The van der Waals surface area contributed by atoms with E-state index in [-0.39, 0.29) is 11.3 Å². The molecule has 0 aliphatic rings. The molecule has 0 aliphatic carbocycles. The fourth-order valence-electron chi connectivity index (χ4n) is 2.85. The number of carbonyl (C=O) groups is 1. The predicted molar refractivity (Wildman–Crippen MR) is 107 cm³/mol. The van der Waals surface area contributed by atoms with Crippen molar-refractivity contribution in [3.05, 3.63) is 59.7 Å². The minimum Gasteiger partial charge on any atom is -0.507 e. The molecule has 7 nitrogen and oxygen atoms in total. The van der Waals surface area contributed by atoms with Crippen LogP contribution < -0.4 is 19.6 Å². The summed E-state index contributed by atoms with van der Waals surface area (Å²) in [5.41, 5.74) is 3.25. The SMILES string of the molecule is COc1cc(C(=O)N/N=C\c2c(O)ccc3ccccc23)cc(OC)c1OC. The lowest BCUT2D eigenvalue weighted by atomic mass is 10.0. The van der Waals surface area contributed by atoms with Crippen molar-refractivity contribution in [1.82, 2.24) is 5.43 Å². The van der Waals surface area contributed by atoms with Crippen molar-refractivity contribution in [2.45, 2.75) is 0 Å². The maximum atomic E-state index is 12.5. The average Bonchev–Trinajstić information content (AvgIpc) is 2.73. The average molecular weight is 380 g/mol. The standard InChI is InChI=1S/C21H20N2O5/c1-26-18-10-14(11-19(27-2)20(18)28-3)21(25)23-22-12-16-15-7-5-4-6-13(15)8-9-17(16)24/h4-12,24H,1-3H3,(H,23,25)/b22-12-. The zero-order valence-corrected chi connectivity index (χ0v) is 15.7. The molecule has 0 spiro atoms. The Labute approximate surface area is 162 Å². The molecular weight excluding hydrogens is 360 g/mol. The first-order chi connectivity index (χ1) is 13.6. The van der Waals surface area contributed by atoms with E-state index in [1.54, 1.807) is 6.07 Å². The smallest absolute Gasteiger partial charge is 0.271 e. The first-order valence-corrected chi connectivity index (χ1v) is 8.43. The fourth-order valence-corrected chi connectivity index (χ4v) is 2.85. The number of hydrogen-bond donors (Lipinski definition) is 2. The molecule has 0 radical (unpaired) electrons. The van der Waals surface area contributed by atoms with E-state index in [4.69, 9.17) is 14.2 Å². The number of amides is 1. The van der Waals surface area contributed by atoms with Crippen LogP contribution in [0.5, 0.6) is 23.0 Å². The first-order valence-electron chi connectivity index (χ1n) is 8.43. The molecule has 0 saturated carbocycles. The molecule has 7 heteroatoms. The number of nitrogens with one attached hydrogen (secondary N) is 1. The van der Waals surface area contributed by atoms with Crippen molar-refractivity contribution in [2.24, 2.45) is 5.10 Å². The van der Waals surface area contributed by atoms with Crippen LogP contribution in [0.1, 0.15) is 15.9 Å². The number of aromatic hydroxyl groups is 1. The lowest BCUT2D eigenvalue weighted by Gasteiger charge is -2.13. The fraction of sp³-hybridized carbons (Fsp3) is 0.143. The molecule has 0 atom stereocenters. The van der Waals surface area contributed by atoms with Gasteiger partial charge in [0.1, 0.15) is 5.75 Å². The number of phenolic OH excluding ortho intramolecular Hbond substituents is 1. The van der Waals surface area contributed by atoms with Gasteiger partial charge in [-0.3, -0.25) is 4.79 Å². The summed E-state index contributed by atoms with van der Waals surface area (Å²) < 4.78 is 15.7. The van der Waals surface area contributed by atoms with E-state index in [1.807, 2.05) is 30.3 Å². The molecule has 0 heterocycles. The first kappa shape index (κ1) is 19.0. The molecule has 3 aromatic carbocycles. The molecule has 0 unspecified atom stereocenters. The van der Waals surface area contributed by atoms with E-state index in [9.17, 15) is 9.90 Å². The highest BCUT2D eigenvalue weighted by molar-refractivity contribution is 6.03. The number of hydrogen-bond acceptors (Lipinski definition) is 6. The Bertz CT molecular complexity index is 1020. The van der Waals surface area contributed by atoms with E-state index in [1.165, 1.54) is 39.7 Å². The van der Waals surface area contributed by atoms with Gasteiger partial charge in [-0.2, -0.15) is 5.10 Å². The second-order valence-electron chi connectivity index (χ2n) is 5.83. The van der Waals surface area contributed by atoms with E-state index < -0.39 is 5.91 Å². The van der Waals surface area contributed by atoms with Crippen LogP contribution in [-0.2, 0) is 0 Å². The second-order valence-corrected chi connectivity index (χ2v) is 5.83. The van der Waals surface area contributed by atoms with Gasteiger partial charge >= 0.3 is 0 Å². The number of benzene rings is 3. The molecule has 144 valence electrons. The van der Waals surface area contributed by atoms with Crippen molar-refractivity contribution in [2.75, 3.05) is 21.3 Å². The van der Waals surface area contributed by atoms with E-state index in [0.717, 1.165) is 10.8 Å². The molecule has 0 saturated heterocycles. The summed E-state index contributed by atoms with van der Waals surface area (Å²) in [6.45, 7) is 0. The molecule has 3 rings (SSSR count). The van der Waals surface area contributed by atoms with Crippen LogP contribution in [0, 0.1) is 0 Å². The van der Waals surface area contributed by atoms with Gasteiger partial charge in [-0.1, -0.05) is 30.3 Å². The molecule has 0 fully saturated rings. The minimum absolute atomic E-state index is 0.0736. The van der Waals surface area contributed by atoms with Crippen molar-refractivity contribution in [3.8, 4) is 23.0 Å². The number of hydrazone groups is 1. The number of carbonyl (C=O) groups excluding carboxylic acids is 1. The number of nitrogens with zero attached hydrogens (tertiary/aromatic N) is 1. The van der Waals surface area contributed by atoms with Crippen LogP contribution in [-0.4, -0.2) is 38.6 Å². The summed E-state index contributed by atoms with van der Waals surface area (Å²) in [5.74, 6) is 0.732. The van der Waals surface area contributed by atoms with Crippen LogP contribution in [0.4, 0.5) is 0 Å². The van der Waals surface area contributed by atoms with Crippen molar-refractivity contribution >= 4 is 22.9 Å². The molecule has 2 N–H and O–H groups in total. The van der Waals surface area contributed by atoms with Gasteiger partial charge in [0.05, 0.1) is 27.5 Å². The normalized spacial score (nSPS) is 10.8. The maximum absolute atomic E-state index is 12.5. The lowest BCUT2D eigenvalue weighted by Crippen LogP contribution is -2.18. The summed E-state index contributed by atoms with van der Waals surface area (Å²) in [6.07, 6.45) is 1.41. The number of ether oxygens (including phenoxy) is 3. The molecule has 3 aromatic rings. The van der Waals surface area contributed by atoms with Gasteiger partial charge in [0.2, 0.25) is 5.75 Å².